The molecule has 2 aromatic carbocycles. The zero-order valence-electron chi connectivity index (χ0n) is 19.3. The molecule has 5 rings (SSSR count). The van der Waals surface area contributed by atoms with Crippen molar-refractivity contribution in [3.8, 4) is 11.4 Å². The SMILES string of the molecule is Cc1ccc(-c2ncccn2)c(C(=O)N2CCC[C@@H](C)[C@H]2CN2C(=O)c3ccccc3C2=O)c1. The Hall–Kier alpha value is -3.87. The van der Waals surface area contributed by atoms with Gasteiger partial charge in [-0.1, -0.05) is 36.8 Å². The van der Waals surface area contributed by atoms with Crippen molar-refractivity contribution in [1.82, 2.24) is 19.8 Å². The van der Waals surface area contributed by atoms with Crippen LogP contribution in [0.3, 0.4) is 0 Å². The second-order valence-corrected chi connectivity index (χ2v) is 9.07. The summed E-state index contributed by atoms with van der Waals surface area (Å²) in [4.78, 5) is 51.8. The van der Waals surface area contributed by atoms with Crippen LogP contribution in [0.25, 0.3) is 11.4 Å². The molecule has 3 heterocycles. The quantitative estimate of drug-likeness (QED) is 0.557. The van der Waals surface area contributed by atoms with Crippen LogP contribution in [-0.4, -0.2) is 56.6 Å². The molecule has 0 N–H and O–H groups in total. The number of likely N-dealkylation sites (tertiary alicyclic amines) is 1. The molecule has 2 aliphatic heterocycles. The minimum atomic E-state index is -0.292. The lowest BCUT2D eigenvalue weighted by Crippen LogP contribution is -2.54. The Balaban J connectivity index is 1.48. The Bertz CT molecular complexity index is 1240. The smallest absolute Gasteiger partial charge is 0.261 e. The molecule has 2 aliphatic rings. The first-order valence-corrected chi connectivity index (χ1v) is 11.6. The molecule has 0 unspecified atom stereocenters. The molecule has 7 heteroatoms. The van der Waals surface area contributed by atoms with Crippen LogP contribution in [-0.2, 0) is 0 Å². The Morgan fingerprint density at radius 3 is 2.32 bits per heavy atom. The number of fused-ring (bicyclic) bond motifs is 1. The van der Waals surface area contributed by atoms with Gasteiger partial charge in [-0.05, 0) is 49.9 Å². The van der Waals surface area contributed by atoms with Crippen LogP contribution in [0.15, 0.2) is 60.9 Å². The number of hydrogen-bond acceptors (Lipinski definition) is 5. The molecule has 3 amide bonds. The van der Waals surface area contributed by atoms with Crippen molar-refractivity contribution < 1.29 is 14.4 Å². The second kappa shape index (κ2) is 8.82. The monoisotopic (exact) mass is 454 g/mol. The molecule has 0 radical (unpaired) electrons. The van der Waals surface area contributed by atoms with Gasteiger partial charge >= 0.3 is 0 Å². The number of carbonyl (C=O) groups is 3. The predicted molar refractivity (Wildman–Crippen MR) is 127 cm³/mol. The number of benzene rings is 2. The van der Waals surface area contributed by atoms with Gasteiger partial charge in [-0.25, -0.2) is 9.97 Å². The maximum absolute atomic E-state index is 13.9. The van der Waals surface area contributed by atoms with Crippen molar-refractivity contribution in [3.63, 3.8) is 0 Å². The summed E-state index contributed by atoms with van der Waals surface area (Å²) in [6.45, 7) is 4.78. The highest BCUT2D eigenvalue weighted by molar-refractivity contribution is 6.21. The van der Waals surface area contributed by atoms with Crippen molar-refractivity contribution in [3.05, 3.63) is 83.2 Å². The van der Waals surface area contributed by atoms with Gasteiger partial charge in [-0.15, -0.1) is 0 Å². The molecule has 0 spiro atoms. The molecular formula is C27H26N4O3. The standard InChI is InChI=1S/C27H26N4O3/c1-17-10-11-19(24-28-12-6-13-29-24)22(15-17)27(34)30-14-5-7-18(2)23(30)16-31-25(32)20-8-3-4-9-21(20)26(31)33/h3-4,6,8-13,15,18,23H,5,7,14,16H2,1-2H3/t18-,23-/m1/s1. The number of carbonyl (C=O) groups excluding carboxylic acids is 3. The summed E-state index contributed by atoms with van der Waals surface area (Å²) in [5.41, 5.74) is 3.03. The van der Waals surface area contributed by atoms with Gasteiger partial charge in [0.15, 0.2) is 5.82 Å². The number of piperidine rings is 1. The molecule has 1 fully saturated rings. The van der Waals surface area contributed by atoms with E-state index in [2.05, 4.69) is 16.9 Å². The van der Waals surface area contributed by atoms with E-state index in [9.17, 15) is 14.4 Å². The van der Waals surface area contributed by atoms with Crippen molar-refractivity contribution >= 4 is 17.7 Å². The fourth-order valence-electron chi connectivity index (χ4n) is 4.99. The molecule has 0 aliphatic carbocycles. The van der Waals surface area contributed by atoms with Gasteiger partial charge in [-0.2, -0.15) is 0 Å². The lowest BCUT2D eigenvalue weighted by molar-refractivity contribution is 0.0369. The summed E-state index contributed by atoms with van der Waals surface area (Å²) in [5, 5.41) is 0. The largest absolute Gasteiger partial charge is 0.334 e. The molecule has 172 valence electrons. The van der Waals surface area contributed by atoms with Crippen molar-refractivity contribution in [2.45, 2.75) is 32.7 Å². The molecule has 7 nitrogen and oxygen atoms in total. The van der Waals surface area contributed by atoms with Crippen LogP contribution in [0.2, 0.25) is 0 Å². The normalized spacial score (nSPS) is 19.9. The van der Waals surface area contributed by atoms with Crippen LogP contribution in [0.5, 0.6) is 0 Å². The average molecular weight is 455 g/mol. The van der Waals surface area contributed by atoms with Crippen LogP contribution in [0.4, 0.5) is 0 Å². The predicted octanol–water partition coefficient (Wildman–Crippen LogP) is 3.99. The first-order chi connectivity index (χ1) is 16.5. The van der Waals surface area contributed by atoms with Gasteiger partial charge in [-0.3, -0.25) is 19.3 Å². The lowest BCUT2D eigenvalue weighted by Gasteiger charge is -2.41. The van der Waals surface area contributed by atoms with Gasteiger partial charge in [0, 0.05) is 24.5 Å². The number of aromatic nitrogens is 2. The van der Waals surface area contributed by atoms with E-state index < -0.39 is 0 Å². The van der Waals surface area contributed by atoms with E-state index >= 15 is 0 Å². The van der Waals surface area contributed by atoms with E-state index in [1.54, 1.807) is 42.7 Å². The molecular weight excluding hydrogens is 428 g/mol. The minimum Gasteiger partial charge on any atom is -0.334 e. The third-order valence-electron chi connectivity index (χ3n) is 6.84. The molecule has 1 saturated heterocycles. The number of nitrogens with zero attached hydrogens (tertiary/aromatic N) is 4. The Kier molecular flexibility index (Phi) is 5.69. The van der Waals surface area contributed by atoms with Gasteiger partial charge in [0.1, 0.15) is 0 Å². The fraction of sp³-hybridized carbons (Fsp3) is 0.296. The third kappa shape index (κ3) is 3.77. The number of hydrogen-bond donors (Lipinski definition) is 0. The van der Waals surface area contributed by atoms with Crippen LogP contribution >= 0.6 is 0 Å². The van der Waals surface area contributed by atoms with Crippen LogP contribution in [0.1, 0.15) is 56.4 Å². The van der Waals surface area contributed by atoms with Crippen LogP contribution in [0, 0.1) is 12.8 Å². The van der Waals surface area contributed by atoms with Gasteiger partial charge < -0.3 is 4.90 Å². The lowest BCUT2D eigenvalue weighted by atomic mass is 9.89. The number of aryl methyl sites for hydroxylation is 1. The van der Waals surface area contributed by atoms with E-state index in [4.69, 9.17) is 0 Å². The zero-order valence-corrected chi connectivity index (χ0v) is 19.3. The van der Waals surface area contributed by atoms with Crippen molar-refractivity contribution in [2.75, 3.05) is 13.1 Å². The number of rotatable bonds is 4. The molecule has 1 aromatic heterocycles. The summed E-state index contributed by atoms with van der Waals surface area (Å²) >= 11 is 0. The van der Waals surface area contributed by atoms with Crippen molar-refractivity contribution in [2.24, 2.45) is 5.92 Å². The van der Waals surface area contributed by atoms with Gasteiger partial charge in [0.2, 0.25) is 0 Å². The maximum atomic E-state index is 13.9. The Labute approximate surface area is 198 Å². The summed E-state index contributed by atoms with van der Waals surface area (Å²) in [5.74, 6) is -0.0743. The number of amides is 3. The van der Waals surface area contributed by atoms with Gasteiger partial charge in [0.05, 0.1) is 29.3 Å². The average Bonchev–Trinajstić information content (AvgIpc) is 3.10. The van der Waals surface area contributed by atoms with E-state index in [0.717, 1.165) is 18.4 Å². The zero-order chi connectivity index (χ0) is 23.8. The topological polar surface area (TPSA) is 83.5 Å². The highest BCUT2D eigenvalue weighted by Gasteiger charge is 2.41. The third-order valence-corrected chi connectivity index (χ3v) is 6.84. The molecule has 34 heavy (non-hydrogen) atoms. The van der Waals surface area contributed by atoms with E-state index in [1.807, 2.05) is 30.0 Å². The minimum absolute atomic E-state index is 0.126. The highest BCUT2D eigenvalue weighted by atomic mass is 16.2. The Morgan fingerprint density at radius 2 is 1.65 bits per heavy atom. The summed E-state index contributed by atoms with van der Waals surface area (Å²) in [6.07, 6.45) is 5.11. The van der Waals surface area contributed by atoms with Crippen LogP contribution < -0.4 is 0 Å². The number of imide groups is 1. The van der Waals surface area contributed by atoms with E-state index in [0.29, 0.717) is 34.6 Å². The first-order valence-electron chi connectivity index (χ1n) is 11.6. The molecule has 2 atom stereocenters. The first kappa shape index (κ1) is 21.9. The summed E-state index contributed by atoms with van der Waals surface area (Å²) in [7, 11) is 0. The summed E-state index contributed by atoms with van der Waals surface area (Å²) < 4.78 is 0. The molecule has 3 aromatic rings. The molecule has 0 saturated carbocycles. The molecule has 0 bridgehead atoms. The van der Waals surface area contributed by atoms with Crippen molar-refractivity contribution in [1.29, 1.82) is 0 Å². The Morgan fingerprint density at radius 1 is 0.971 bits per heavy atom. The summed E-state index contributed by atoms with van der Waals surface area (Å²) in [6, 6.07) is 14.0. The van der Waals surface area contributed by atoms with Gasteiger partial charge in [0.25, 0.3) is 17.7 Å². The fourth-order valence-corrected chi connectivity index (χ4v) is 4.99. The highest BCUT2D eigenvalue weighted by Crippen LogP contribution is 2.31. The maximum Gasteiger partial charge on any atom is 0.261 e. The van der Waals surface area contributed by atoms with E-state index in [-0.39, 0.29) is 36.2 Å². The van der Waals surface area contributed by atoms with E-state index in [1.165, 1.54) is 4.90 Å². The second-order valence-electron chi connectivity index (χ2n) is 9.07.